The number of ether oxygens (including phenoxy) is 1. The molecule has 0 bridgehead atoms. The van der Waals surface area contributed by atoms with Gasteiger partial charge in [-0.25, -0.2) is 0 Å². The van der Waals surface area contributed by atoms with E-state index in [4.69, 9.17) is 4.74 Å². The van der Waals surface area contributed by atoms with Gasteiger partial charge in [0, 0.05) is 15.6 Å². The van der Waals surface area contributed by atoms with E-state index in [1.807, 2.05) is 48.5 Å². The van der Waals surface area contributed by atoms with Crippen molar-refractivity contribution in [1.82, 2.24) is 5.53 Å². The lowest BCUT2D eigenvalue weighted by molar-refractivity contribution is 0.415. The van der Waals surface area contributed by atoms with Crippen LogP contribution in [0.5, 0.6) is 5.75 Å². The fraction of sp³-hybridized carbons (Fsp3) is 0.0667. The summed E-state index contributed by atoms with van der Waals surface area (Å²) in [5.41, 5.74) is 7.29. The van der Waals surface area contributed by atoms with Crippen LogP contribution < -0.4 is 10.3 Å². The Hall–Kier alpha value is -2.14. The maximum absolute atomic E-state index is 5.16. The van der Waals surface area contributed by atoms with Gasteiger partial charge in [-0.3, -0.25) is 0 Å². The molecule has 0 N–H and O–H groups in total. The molecule has 1 aliphatic heterocycles. The van der Waals surface area contributed by atoms with Gasteiger partial charge < -0.3 is 4.74 Å². The first-order valence-electron chi connectivity index (χ1n) is 6.04. The highest BCUT2D eigenvalue weighted by Gasteiger charge is 2.19. The standard InChI is InChI=1S/C15H11BrN3O/c1-20-13-7-5-10(6-8-13)14-15(18-19-17-14)11-3-2-4-12(16)9-11/h2-9H,1H3. The van der Waals surface area contributed by atoms with Gasteiger partial charge in [0.25, 0.3) is 0 Å². The molecule has 0 aliphatic carbocycles. The molecule has 0 amide bonds. The molecule has 20 heavy (non-hydrogen) atoms. The lowest BCUT2D eigenvalue weighted by Crippen LogP contribution is -2.13. The van der Waals surface area contributed by atoms with E-state index in [-0.39, 0.29) is 0 Å². The second kappa shape index (κ2) is 5.46. The van der Waals surface area contributed by atoms with Crippen LogP contribution in [0.3, 0.4) is 0 Å². The zero-order valence-electron chi connectivity index (χ0n) is 10.7. The van der Waals surface area contributed by atoms with Crippen molar-refractivity contribution in [1.29, 1.82) is 0 Å². The monoisotopic (exact) mass is 328 g/mol. The van der Waals surface area contributed by atoms with Crippen molar-refractivity contribution in [2.45, 2.75) is 0 Å². The molecule has 5 heteroatoms. The van der Waals surface area contributed by atoms with Crippen molar-refractivity contribution >= 4 is 27.4 Å². The average Bonchev–Trinajstić information content (AvgIpc) is 2.97. The summed E-state index contributed by atoms with van der Waals surface area (Å²) >= 11 is 3.46. The average molecular weight is 329 g/mol. The Bertz CT molecular complexity index is 693. The summed E-state index contributed by atoms with van der Waals surface area (Å²) in [6, 6.07) is 15.6. The molecule has 4 nitrogen and oxygen atoms in total. The Morgan fingerprint density at radius 3 is 2.25 bits per heavy atom. The SMILES string of the molecule is COc1ccc(C2=N[N]N=C2c2cccc(Br)c2)cc1. The van der Waals surface area contributed by atoms with Crippen LogP contribution in [0.1, 0.15) is 11.1 Å². The second-order valence-corrected chi connectivity index (χ2v) is 5.14. The highest BCUT2D eigenvalue weighted by molar-refractivity contribution is 9.10. The lowest BCUT2D eigenvalue weighted by atomic mass is 10.00. The molecule has 1 radical (unpaired) electrons. The number of benzene rings is 2. The molecule has 0 unspecified atom stereocenters. The van der Waals surface area contributed by atoms with Gasteiger partial charge in [0.2, 0.25) is 0 Å². The normalized spacial score (nSPS) is 13.5. The molecular formula is C15H11BrN3O. The van der Waals surface area contributed by atoms with Crippen molar-refractivity contribution in [2.24, 2.45) is 10.2 Å². The first-order valence-corrected chi connectivity index (χ1v) is 6.83. The van der Waals surface area contributed by atoms with E-state index in [1.54, 1.807) is 7.11 Å². The first kappa shape index (κ1) is 12.9. The van der Waals surface area contributed by atoms with Crippen molar-refractivity contribution < 1.29 is 4.74 Å². The van der Waals surface area contributed by atoms with Crippen LogP contribution in [0.15, 0.2) is 63.2 Å². The largest absolute Gasteiger partial charge is 0.497 e. The third-order valence-corrected chi connectivity index (χ3v) is 3.47. The van der Waals surface area contributed by atoms with Gasteiger partial charge in [-0.1, -0.05) is 28.1 Å². The van der Waals surface area contributed by atoms with Crippen LogP contribution in [0.4, 0.5) is 0 Å². The molecule has 0 spiro atoms. The van der Waals surface area contributed by atoms with Crippen molar-refractivity contribution in [3.8, 4) is 5.75 Å². The van der Waals surface area contributed by atoms with E-state index in [0.29, 0.717) is 0 Å². The highest BCUT2D eigenvalue weighted by atomic mass is 79.9. The Morgan fingerprint density at radius 1 is 0.900 bits per heavy atom. The predicted octanol–water partition coefficient (Wildman–Crippen LogP) is 3.18. The number of hydrogen-bond donors (Lipinski definition) is 0. The number of nitrogens with zero attached hydrogens (tertiary/aromatic N) is 3. The van der Waals surface area contributed by atoms with E-state index >= 15 is 0 Å². The number of methoxy groups -OCH3 is 1. The summed E-state index contributed by atoms with van der Waals surface area (Å²) in [5.74, 6) is 0.810. The molecule has 0 aromatic heterocycles. The minimum absolute atomic E-state index is 0.769. The summed E-state index contributed by atoms with van der Waals surface area (Å²) in [4.78, 5) is 0. The quantitative estimate of drug-likeness (QED) is 0.853. The van der Waals surface area contributed by atoms with E-state index in [1.165, 1.54) is 0 Å². The van der Waals surface area contributed by atoms with Crippen LogP contribution in [-0.2, 0) is 0 Å². The summed E-state index contributed by atoms with van der Waals surface area (Å²) < 4.78 is 6.16. The molecule has 0 saturated heterocycles. The smallest absolute Gasteiger partial charge is 0.123 e. The van der Waals surface area contributed by atoms with Gasteiger partial charge in [0.15, 0.2) is 0 Å². The summed E-state index contributed by atoms with van der Waals surface area (Å²) in [7, 11) is 1.64. The molecule has 2 aromatic carbocycles. The molecule has 1 aliphatic rings. The molecular weight excluding hydrogens is 318 g/mol. The van der Waals surface area contributed by atoms with E-state index in [9.17, 15) is 0 Å². The Kier molecular flexibility index (Phi) is 3.52. The molecule has 1 heterocycles. The molecule has 99 valence electrons. The topological polar surface area (TPSA) is 48.0 Å². The zero-order valence-corrected chi connectivity index (χ0v) is 12.3. The van der Waals surface area contributed by atoms with Crippen LogP contribution >= 0.6 is 15.9 Å². The third kappa shape index (κ3) is 2.44. The number of rotatable bonds is 3. The van der Waals surface area contributed by atoms with Gasteiger partial charge in [-0.05, 0) is 41.9 Å². The summed E-state index contributed by atoms with van der Waals surface area (Å²) in [5, 5.41) is 8.26. The lowest BCUT2D eigenvalue weighted by Gasteiger charge is -2.06. The minimum Gasteiger partial charge on any atom is -0.497 e. The fourth-order valence-corrected chi connectivity index (χ4v) is 2.38. The zero-order chi connectivity index (χ0) is 13.9. The summed E-state index contributed by atoms with van der Waals surface area (Å²) in [6.45, 7) is 0. The fourth-order valence-electron chi connectivity index (χ4n) is 1.98. The number of halogens is 1. The van der Waals surface area contributed by atoms with Crippen LogP contribution in [0, 0.1) is 0 Å². The second-order valence-electron chi connectivity index (χ2n) is 4.23. The van der Waals surface area contributed by atoms with Crippen LogP contribution in [-0.4, -0.2) is 18.5 Å². The molecule has 2 aromatic rings. The van der Waals surface area contributed by atoms with E-state index in [0.717, 1.165) is 32.8 Å². The van der Waals surface area contributed by atoms with Gasteiger partial charge in [-0.15, -0.1) is 10.2 Å². The van der Waals surface area contributed by atoms with Gasteiger partial charge in [0.05, 0.1) is 7.11 Å². The molecule has 0 saturated carbocycles. The maximum atomic E-state index is 5.16. The van der Waals surface area contributed by atoms with Crippen LogP contribution in [0.2, 0.25) is 0 Å². The summed E-state index contributed by atoms with van der Waals surface area (Å²) in [6.07, 6.45) is 0. The Labute approximate surface area is 125 Å². The third-order valence-electron chi connectivity index (χ3n) is 2.98. The first-order chi connectivity index (χ1) is 9.78. The molecule has 0 atom stereocenters. The Morgan fingerprint density at radius 2 is 1.60 bits per heavy atom. The number of hydrogen-bond acceptors (Lipinski definition) is 3. The maximum Gasteiger partial charge on any atom is 0.123 e. The van der Waals surface area contributed by atoms with Crippen LogP contribution in [0.25, 0.3) is 0 Å². The predicted molar refractivity (Wildman–Crippen MR) is 82.3 cm³/mol. The van der Waals surface area contributed by atoms with Gasteiger partial charge >= 0.3 is 0 Å². The molecule has 3 rings (SSSR count). The Balaban J connectivity index is 1.95. The minimum atomic E-state index is 0.769. The van der Waals surface area contributed by atoms with Gasteiger partial charge in [-0.2, -0.15) is 0 Å². The van der Waals surface area contributed by atoms with Crippen molar-refractivity contribution in [3.63, 3.8) is 0 Å². The van der Waals surface area contributed by atoms with Crippen molar-refractivity contribution in [3.05, 3.63) is 64.1 Å². The highest BCUT2D eigenvalue weighted by Crippen LogP contribution is 2.19. The van der Waals surface area contributed by atoms with E-state index < -0.39 is 0 Å². The van der Waals surface area contributed by atoms with Crippen molar-refractivity contribution in [2.75, 3.05) is 7.11 Å². The van der Waals surface area contributed by atoms with Gasteiger partial charge in [0.1, 0.15) is 17.2 Å². The van der Waals surface area contributed by atoms with E-state index in [2.05, 4.69) is 31.7 Å². The molecule has 0 fully saturated rings.